The number of aryl methyl sites for hydroxylation is 1. The molecule has 4 aromatic rings. The fourth-order valence-corrected chi connectivity index (χ4v) is 5.70. The van der Waals surface area contributed by atoms with Crippen LogP contribution in [-0.2, 0) is 6.61 Å². The molecule has 5 nitrogen and oxygen atoms in total. The smallest absolute Gasteiger partial charge is 0.335 e. The van der Waals surface area contributed by atoms with Crippen LogP contribution in [-0.4, -0.2) is 15.0 Å². The molecule has 0 aliphatic heterocycles. The molecular formula is C27H25NO4S. The van der Waals surface area contributed by atoms with E-state index in [4.69, 9.17) is 4.74 Å². The molecule has 0 atom stereocenters. The first kappa shape index (κ1) is 21.5. The third kappa shape index (κ3) is 4.31. The van der Waals surface area contributed by atoms with Crippen molar-refractivity contribution in [1.82, 2.24) is 3.96 Å². The van der Waals surface area contributed by atoms with Crippen molar-refractivity contribution >= 4 is 27.6 Å². The number of aromatic carboxylic acids is 1. The first-order valence-corrected chi connectivity index (χ1v) is 12.0. The molecule has 0 bridgehead atoms. The van der Waals surface area contributed by atoms with Gasteiger partial charge in [0, 0.05) is 6.04 Å². The first-order chi connectivity index (χ1) is 16.0. The summed E-state index contributed by atoms with van der Waals surface area (Å²) in [6.45, 7) is 2.18. The van der Waals surface area contributed by atoms with Crippen LogP contribution >= 0.6 is 11.5 Å². The average Bonchev–Trinajstić information content (AvgIpc) is 3.46. The van der Waals surface area contributed by atoms with Crippen molar-refractivity contribution in [2.45, 2.75) is 45.3 Å². The van der Waals surface area contributed by atoms with Crippen LogP contribution in [0.2, 0.25) is 0 Å². The summed E-state index contributed by atoms with van der Waals surface area (Å²) in [5.41, 5.74) is 3.96. The van der Waals surface area contributed by atoms with Gasteiger partial charge in [0.05, 0.1) is 15.6 Å². The molecule has 33 heavy (non-hydrogen) atoms. The molecule has 1 N–H and O–H groups in total. The van der Waals surface area contributed by atoms with E-state index in [-0.39, 0.29) is 5.56 Å². The van der Waals surface area contributed by atoms with E-state index >= 15 is 0 Å². The maximum atomic E-state index is 12.8. The van der Waals surface area contributed by atoms with Gasteiger partial charge >= 0.3 is 5.97 Å². The molecular weight excluding hydrogens is 434 g/mol. The Bertz CT molecular complexity index is 1400. The number of nitrogens with zero attached hydrogens (tertiary/aromatic N) is 1. The van der Waals surface area contributed by atoms with Gasteiger partial charge in [-0.2, -0.15) is 0 Å². The molecule has 1 aromatic heterocycles. The van der Waals surface area contributed by atoms with Crippen molar-refractivity contribution in [1.29, 1.82) is 0 Å². The normalized spacial score (nSPS) is 14.1. The molecule has 1 saturated carbocycles. The Morgan fingerprint density at radius 3 is 2.64 bits per heavy atom. The molecule has 0 saturated heterocycles. The highest BCUT2D eigenvalue weighted by Crippen LogP contribution is 2.33. The summed E-state index contributed by atoms with van der Waals surface area (Å²) < 4.78 is 8.95. The van der Waals surface area contributed by atoms with Crippen LogP contribution in [0.4, 0.5) is 0 Å². The van der Waals surface area contributed by atoms with E-state index in [9.17, 15) is 14.7 Å². The minimum Gasteiger partial charge on any atom is -0.489 e. The largest absolute Gasteiger partial charge is 0.489 e. The number of carboxylic acid groups (broad SMARTS) is 1. The van der Waals surface area contributed by atoms with E-state index in [0.717, 1.165) is 50.9 Å². The van der Waals surface area contributed by atoms with Crippen LogP contribution in [0.3, 0.4) is 0 Å². The molecule has 1 aliphatic rings. The van der Waals surface area contributed by atoms with E-state index in [1.54, 1.807) is 13.0 Å². The minimum atomic E-state index is -0.923. The van der Waals surface area contributed by atoms with Crippen molar-refractivity contribution in [2.24, 2.45) is 0 Å². The lowest BCUT2D eigenvalue weighted by Gasteiger charge is -2.10. The van der Waals surface area contributed by atoms with Crippen molar-refractivity contribution < 1.29 is 14.6 Å². The Hall–Kier alpha value is -3.38. The quantitative estimate of drug-likeness (QED) is 0.361. The second kappa shape index (κ2) is 8.87. The third-order valence-corrected chi connectivity index (χ3v) is 7.57. The van der Waals surface area contributed by atoms with Gasteiger partial charge in [0.1, 0.15) is 12.4 Å². The Kier molecular flexibility index (Phi) is 5.77. The molecule has 0 unspecified atom stereocenters. The number of benzene rings is 3. The first-order valence-electron chi connectivity index (χ1n) is 11.2. The molecule has 0 spiro atoms. The number of fused-ring (bicyclic) bond motifs is 1. The van der Waals surface area contributed by atoms with Crippen molar-refractivity contribution in [3.63, 3.8) is 0 Å². The average molecular weight is 460 g/mol. The van der Waals surface area contributed by atoms with E-state index in [1.165, 1.54) is 24.4 Å². The van der Waals surface area contributed by atoms with Crippen LogP contribution in [0.25, 0.3) is 21.2 Å². The zero-order chi connectivity index (χ0) is 22.9. The number of hydrogen-bond acceptors (Lipinski definition) is 4. The van der Waals surface area contributed by atoms with Crippen LogP contribution in [0.5, 0.6) is 5.75 Å². The number of rotatable bonds is 6. The monoisotopic (exact) mass is 459 g/mol. The van der Waals surface area contributed by atoms with Crippen molar-refractivity contribution in [3.8, 4) is 16.9 Å². The highest BCUT2D eigenvalue weighted by molar-refractivity contribution is 7.13. The fourth-order valence-electron chi connectivity index (χ4n) is 4.53. The number of hydrogen-bond donors (Lipinski definition) is 1. The predicted molar refractivity (Wildman–Crippen MR) is 131 cm³/mol. The lowest BCUT2D eigenvalue weighted by atomic mass is 9.98. The second-order valence-electron chi connectivity index (χ2n) is 8.64. The highest BCUT2D eigenvalue weighted by Gasteiger charge is 2.21. The van der Waals surface area contributed by atoms with Gasteiger partial charge in [-0.3, -0.25) is 8.75 Å². The van der Waals surface area contributed by atoms with Crippen LogP contribution in [0.1, 0.15) is 53.2 Å². The lowest BCUT2D eigenvalue weighted by molar-refractivity contribution is 0.0696. The van der Waals surface area contributed by atoms with Gasteiger partial charge in [0.2, 0.25) is 0 Å². The number of carboxylic acids is 1. The lowest BCUT2D eigenvalue weighted by Crippen LogP contribution is -2.16. The van der Waals surface area contributed by atoms with Crippen LogP contribution in [0, 0.1) is 6.92 Å². The van der Waals surface area contributed by atoms with Gasteiger partial charge in [-0.05, 0) is 72.4 Å². The van der Waals surface area contributed by atoms with E-state index in [1.807, 2.05) is 58.6 Å². The van der Waals surface area contributed by atoms with Crippen LogP contribution < -0.4 is 10.3 Å². The van der Waals surface area contributed by atoms with Crippen molar-refractivity contribution in [2.75, 3.05) is 0 Å². The van der Waals surface area contributed by atoms with Gasteiger partial charge in [-0.15, -0.1) is 0 Å². The third-order valence-electron chi connectivity index (χ3n) is 6.37. The molecule has 3 aromatic carbocycles. The molecule has 5 rings (SSSR count). The predicted octanol–water partition coefficient (Wildman–Crippen LogP) is 6.43. The zero-order valence-corrected chi connectivity index (χ0v) is 19.2. The van der Waals surface area contributed by atoms with E-state index in [2.05, 4.69) is 0 Å². The van der Waals surface area contributed by atoms with Gasteiger partial charge in [-0.25, -0.2) is 4.79 Å². The standard InChI is InChI=1S/C27H25NO4S/c1-17-9-10-20(14-24(17)27(30)31)19-6-4-5-18(13-19)16-32-22-11-12-23-25(15-22)33-28(26(23)29)21-7-2-3-8-21/h4-6,9-15,21H,2-3,7-8,16H2,1H3,(H,30,31). The maximum absolute atomic E-state index is 12.8. The summed E-state index contributed by atoms with van der Waals surface area (Å²) in [6, 6.07) is 19.4. The number of aromatic nitrogens is 1. The molecule has 0 radical (unpaired) electrons. The Labute approximate surface area is 196 Å². The molecule has 1 aliphatic carbocycles. The Morgan fingerprint density at radius 1 is 1.06 bits per heavy atom. The van der Waals surface area contributed by atoms with Gasteiger partial charge in [0.15, 0.2) is 0 Å². The van der Waals surface area contributed by atoms with Gasteiger partial charge < -0.3 is 9.84 Å². The highest BCUT2D eigenvalue weighted by atomic mass is 32.1. The fraction of sp³-hybridized carbons (Fsp3) is 0.259. The second-order valence-corrected chi connectivity index (χ2v) is 9.66. The summed E-state index contributed by atoms with van der Waals surface area (Å²) in [5.74, 6) is -0.190. The summed E-state index contributed by atoms with van der Waals surface area (Å²) in [7, 11) is 0. The maximum Gasteiger partial charge on any atom is 0.335 e. The zero-order valence-electron chi connectivity index (χ0n) is 18.4. The van der Waals surface area contributed by atoms with Crippen LogP contribution in [0.15, 0.2) is 65.5 Å². The topological polar surface area (TPSA) is 68.5 Å². The number of carbonyl (C=O) groups is 1. The summed E-state index contributed by atoms with van der Waals surface area (Å²) >= 11 is 1.54. The molecule has 168 valence electrons. The Balaban J connectivity index is 1.35. The number of ether oxygens (including phenoxy) is 1. The molecule has 1 heterocycles. The summed E-state index contributed by atoms with van der Waals surface area (Å²) in [6.07, 6.45) is 4.56. The molecule has 0 amide bonds. The van der Waals surface area contributed by atoms with Crippen molar-refractivity contribution in [3.05, 3.63) is 87.7 Å². The van der Waals surface area contributed by atoms with Gasteiger partial charge in [0.25, 0.3) is 5.56 Å². The molecule has 6 heteroatoms. The van der Waals surface area contributed by atoms with E-state index < -0.39 is 5.97 Å². The Morgan fingerprint density at radius 2 is 1.85 bits per heavy atom. The van der Waals surface area contributed by atoms with E-state index in [0.29, 0.717) is 18.2 Å². The van der Waals surface area contributed by atoms with Gasteiger partial charge in [-0.1, -0.05) is 54.7 Å². The minimum absolute atomic E-state index is 0.111. The summed E-state index contributed by atoms with van der Waals surface area (Å²) in [4.78, 5) is 24.2. The SMILES string of the molecule is Cc1ccc(-c2cccc(COc3ccc4c(=O)n(C5CCCC5)sc4c3)c2)cc1C(=O)O. The molecule has 1 fully saturated rings. The summed E-state index contributed by atoms with van der Waals surface area (Å²) in [5, 5.41) is 10.2.